The van der Waals surface area contributed by atoms with Crippen LogP contribution >= 0.6 is 0 Å². The molecule has 3 rings (SSSR count). The largest absolute Gasteiger partial charge is 0.463 e. The van der Waals surface area contributed by atoms with Gasteiger partial charge in [0.05, 0.1) is 30.9 Å². The molecule has 1 aliphatic heterocycles. The summed E-state index contributed by atoms with van der Waals surface area (Å²) in [6.07, 6.45) is 11.2. The lowest BCUT2D eigenvalue weighted by atomic mass is 10.0. The second-order valence-corrected chi connectivity index (χ2v) is 10.4. The number of benzene rings is 1. The van der Waals surface area contributed by atoms with E-state index in [1.54, 1.807) is 12.2 Å². The van der Waals surface area contributed by atoms with Crippen LogP contribution < -0.4 is 4.74 Å². The highest BCUT2D eigenvalue weighted by atomic mass is 16.5. The number of carbonyl (C=O) groups is 8. The third kappa shape index (κ3) is 19.5. The van der Waals surface area contributed by atoms with Gasteiger partial charge in [0.15, 0.2) is 11.6 Å². The van der Waals surface area contributed by atoms with Gasteiger partial charge in [-0.1, -0.05) is 69.9 Å². The minimum Gasteiger partial charge on any atom is -0.463 e. The Bertz CT molecular complexity index is 1650. The van der Waals surface area contributed by atoms with E-state index in [9.17, 15) is 28.8 Å². The molecule has 0 atom stereocenters. The van der Waals surface area contributed by atoms with Crippen molar-refractivity contribution in [2.24, 2.45) is 0 Å². The number of ether oxygens (including phenoxy) is 4. The van der Waals surface area contributed by atoms with Crippen molar-refractivity contribution >= 4 is 68.1 Å². The Balaban J connectivity index is 0. The number of carbonyl (C=O) groups excluding carboxylic acids is 8. The number of esters is 2. The van der Waals surface area contributed by atoms with E-state index in [0.29, 0.717) is 42.2 Å². The van der Waals surface area contributed by atoms with Crippen molar-refractivity contribution in [3.8, 4) is 6.01 Å². The van der Waals surface area contributed by atoms with Gasteiger partial charge < -0.3 is 38.2 Å². The van der Waals surface area contributed by atoms with Crippen LogP contribution in [0.5, 0.6) is 6.01 Å². The van der Waals surface area contributed by atoms with Crippen molar-refractivity contribution in [2.45, 2.75) is 0 Å². The molecule has 1 aliphatic rings. The van der Waals surface area contributed by atoms with E-state index in [1.165, 1.54) is 58.4 Å². The average molecular weight is 817 g/mol. The summed E-state index contributed by atoms with van der Waals surface area (Å²) >= 11 is 0. The van der Waals surface area contributed by atoms with Gasteiger partial charge in [0.2, 0.25) is 0 Å². The Morgan fingerprint density at radius 2 is 1.10 bits per heavy atom. The molecule has 0 radical (unpaired) electrons. The van der Waals surface area contributed by atoms with Gasteiger partial charge in [-0.05, 0) is 41.5 Å². The zero-order chi connectivity index (χ0) is 45.2. The van der Waals surface area contributed by atoms with Crippen LogP contribution in [0.25, 0.3) is 17.7 Å². The highest BCUT2D eigenvalue weighted by molar-refractivity contribution is 5.97. The molecule has 2 heterocycles. The highest BCUT2D eigenvalue weighted by Gasteiger charge is 2.35. The summed E-state index contributed by atoms with van der Waals surface area (Å²) in [4.78, 5) is 100. The Labute approximate surface area is 342 Å². The van der Waals surface area contributed by atoms with Gasteiger partial charge in [-0.15, -0.1) is 13.2 Å². The van der Waals surface area contributed by atoms with Crippen LogP contribution in [0.1, 0.15) is 37.9 Å². The molecule has 18 heteroatoms. The van der Waals surface area contributed by atoms with Crippen molar-refractivity contribution < 1.29 is 57.3 Å². The summed E-state index contributed by atoms with van der Waals surface area (Å²) in [6.45, 7) is 33.5. The van der Waals surface area contributed by atoms with Gasteiger partial charge in [0, 0.05) is 6.54 Å². The van der Waals surface area contributed by atoms with Gasteiger partial charge in [-0.25, -0.2) is 29.1 Å². The molecule has 2 aromatic rings. The predicted octanol–water partition coefficient (Wildman–Crippen LogP) is 4.59. The smallest absolute Gasteiger partial charge is 0.338 e. The number of hydrogen-bond acceptors (Lipinski definition) is 15. The first-order chi connectivity index (χ1) is 28.5. The fourth-order valence-electron chi connectivity index (χ4n) is 4.04. The third-order valence-electron chi connectivity index (χ3n) is 6.45. The van der Waals surface area contributed by atoms with Crippen molar-refractivity contribution in [1.29, 1.82) is 0 Å². The molecule has 1 aromatic carbocycles. The molecule has 0 bridgehead atoms. The van der Waals surface area contributed by atoms with Crippen molar-refractivity contribution in [1.82, 2.24) is 29.7 Å². The molecule has 1 aromatic heterocycles. The van der Waals surface area contributed by atoms with E-state index >= 15 is 0 Å². The molecule has 1 saturated heterocycles. The Morgan fingerprint density at radius 3 is 1.51 bits per heavy atom. The van der Waals surface area contributed by atoms with E-state index in [-0.39, 0.29) is 63.2 Å². The molecular weight excluding hydrogens is 768 g/mol. The number of amides is 4. The van der Waals surface area contributed by atoms with Crippen LogP contribution in [0, 0.1) is 0 Å². The first kappa shape index (κ1) is 53.2. The van der Waals surface area contributed by atoms with E-state index in [0.717, 1.165) is 4.90 Å². The molecule has 18 nitrogen and oxygen atoms in total. The fourth-order valence-corrected chi connectivity index (χ4v) is 4.04. The SMILES string of the molecule is C=CCN1CN(CC=O)C(=O)N(CC=C)C1=O.C=CCOC(=O)c1cc(C(=C)COC=O)cc(C(=O)OCC=C)c1.C=CCOc1nc(C=C)nc(C=C)n1.C=O.C=O. The summed E-state index contributed by atoms with van der Waals surface area (Å²) in [6, 6.07) is 3.73. The number of nitrogens with zero attached hydrogens (tertiary/aromatic N) is 6. The lowest BCUT2D eigenvalue weighted by Gasteiger charge is -2.39. The van der Waals surface area contributed by atoms with E-state index in [2.05, 4.69) is 72.3 Å². The molecule has 314 valence electrons. The van der Waals surface area contributed by atoms with Gasteiger partial charge >= 0.3 is 30.0 Å². The standard InChI is InChI=1S/C18H18O6.C11H15N3O3.C10H11N3O.2CH2O/c1-4-6-23-17(20)15-8-14(13(3)11-22-12-19)9-16(10-15)18(21)24-7-5-2;1-3-5-12-9-13(7-8-15)11(17)14(6-4-2)10(12)16;1-4-7-14-10-12-8(5-2)11-9(6-3)13-10;2*1-2/h4-5,8-10,12H,1-3,6-7,11H2;3-4,8H,1-2,5-7,9H2;4-6H,1-3,7H2;2*1H2. The molecule has 59 heavy (non-hydrogen) atoms. The minimum atomic E-state index is -0.626. The highest BCUT2D eigenvalue weighted by Crippen LogP contribution is 2.20. The number of imide groups is 1. The molecule has 0 unspecified atom stereocenters. The van der Waals surface area contributed by atoms with E-state index in [4.69, 9.17) is 23.8 Å². The fraction of sp³-hybridized carbons (Fsp3) is 0.195. The van der Waals surface area contributed by atoms with Crippen LogP contribution in [0.4, 0.5) is 9.59 Å². The molecule has 4 amide bonds. The van der Waals surface area contributed by atoms with Crippen molar-refractivity contribution in [3.05, 3.63) is 130 Å². The first-order valence-electron chi connectivity index (χ1n) is 16.8. The number of hydrogen-bond donors (Lipinski definition) is 0. The summed E-state index contributed by atoms with van der Waals surface area (Å²) < 4.78 is 19.7. The van der Waals surface area contributed by atoms with Gasteiger partial charge in [0.1, 0.15) is 46.3 Å². The molecule has 0 N–H and O–H groups in total. The molecule has 0 spiro atoms. The molecule has 1 fully saturated rings. The lowest BCUT2D eigenvalue weighted by molar-refractivity contribution is -0.127. The zero-order valence-electron chi connectivity index (χ0n) is 32.7. The van der Waals surface area contributed by atoms with Gasteiger partial charge in [-0.3, -0.25) is 9.69 Å². The maximum Gasteiger partial charge on any atom is 0.338 e. The monoisotopic (exact) mass is 816 g/mol. The van der Waals surface area contributed by atoms with Crippen molar-refractivity contribution in [3.63, 3.8) is 0 Å². The Hall–Kier alpha value is -7.89. The molecule has 0 aliphatic carbocycles. The van der Waals surface area contributed by atoms with Gasteiger partial charge in [0.25, 0.3) is 6.47 Å². The van der Waals surface area contributed by atoms with Crippen LogP contribution in [0.15, 0.2) is 101 Å². The van der Waals surface area contributed by atoms with E-state index < -0.39 is 24.0 Å². The normalized spacial score (nSPS) is 10.8. The van der Waals surface area contributed by atoms with Crippen LogP contribution in [0.3, 0.4) is 0 Å². The van der Waals surface area contributed by atoms with Crippen LogP contribution in [0.2, 0.25) is 0 Å². The van der Waals surface area contributed by atoms with Crippen LogP contribution in [-0.4, -0.2) is 133 Å². The summed E-state index contributed by atoms with van der Waals surface area (Å²) in [5.74, 6) is -0.319. The maximum atomic E-state index is 12.0. The topological polar surface area (TPSA) is 222 Å². The maximum absolute atomic E-state index is 12.0. The predicted molar refractivity (Wildman–Crippen MR) is 221 cm³/mol. The summed E-state index contributed by atoms with van der Waals surface area (Å²) in [5, 5.41) is 0. The van der Waals surface area contributed by atoms with Gasteiger partial charge in [-0.2, -0.15) is 9.97 Å². The second-order valence-electron chi connectivity index (χ2n) is 10.4. The molecular formula is C41H48N6O12. The van der Waals surface area contributed by atoms with E-state index in [1.807, 2.05) is 13.6 Å². The number of rotatable bonds is 21. The van der Waals surface area contributed by atoms with Crippen LogP contribution in [-0.2, 0) is 33.4 Å². The first-order valence-corrected chi connectivity index (χ1v) is 16.8. The number of urea groups is 2. The molecule has 0 saturated carbocycles. The number of aromatic nitrogens is 3. The summed E-state index contributed by atoms with van der Waals surface area (Å²) in [5.41, 5.74) is 1.16. The Morgan fingerprint density at radius 1 is 0.644 bits per heavy atom. The quantitative estimate of drug-likeness (QED) is 0.0728. The second kappa shape index (κ2) is 32.4. The lowest BCUT2D eigenvalue weighted by Crippen LogP contribution is -2.61. The summed E-state index contributed by atoms with van der Waals surface area (Å²) in [7, 11) is 0. The minimum absolute atomic E-state index is 0.0343. The average Bonchev–Trinajstić information content (AvgIpc) is 3.27. The third-order valence-corrected chi connectivity index (χ3v) is 6.45. The zero-order valence-corrected chi connectivity index (χ0v) is 32.7. The number of aldehydes is 1. The Kier molecular flexibility index (Phi) is 29.2. The van der Waals surface area contributed by atoms with Crippen molar-refractivity contribution in [2.75, 3.05) is 52.7 Å².